The Kier molecular flexibility index (Phi) is 1.79. The van der Waals surface area contributed by atoms with Crippen molar-refractivity contribution in [3.63, 3.8) is 0 Å². The van der Waals surface area contributed by atoms with E-state index in [4.69, 9.17) is 5.73 Å². The van der Waals surface area contributed by atoms with Gasteiger partial charge in [0.25, 0.3) is 0 Å². The summed E-state index contributed by atoms with van der Waals surface area (Å²) >= 11 is 1.44. The minimum atomic E-state index is -0.329. The third kappa shape index (κ3) is 1.81. The fourth-order valence-electron chi connectivity index (χ4n) is 0.489. The summed E-state index contributed by atoms with van der Waals surface area (Å²) in [5.74, 6) is -0.329. The number of hydrogen-bond donors (Lipinski definition) is 1. The van der Waals surface area contributed by atoms with Gasteiger partial charge in [-0.15, -0.1) is 11.3 Å². The van der Waals surface area contributed by atoms with Crippen molar-refractivity contribution < 1.29 is 4.79 Å². The molecule has 1 heterocycles. The van der Waals surface area contributed by atoms with E-state index in [0.717, 1.165) is 5.01 Å². The Morgan fingerprint density at radius 1 is 1.89 bits per heavy atom. The lowest BCUT2D eigenvalue weighted by Gasteiger charge is -1.85. The van der Waals surface area contributed by atoms with Crippen molar-refractivity contribution in [2.45, 2.75) is 6.42 Å². The minimum absolute atomic E-state index is 0.262. The molecule has 0 spiro atoms. The highest BCUT2D eigenvalue weighted by Crippen LogP contribution is 2.02. The van der Waals surface area contributed by atoms with Gasteiger partial charge in [0.1, 0.15) is 5.01 Å². The maximum absolute atomic E-state index is 10.3. The molecule has 0 atom stereocenters. The summed E-state index contributed by atoms with van der Waals surface area (Å²) in [6, 6.07) is 0. The van der Waals surface area contributed by atoms with E-state index in [1.165, 1.54) is 11.3 Å². The van der Waals surface area contributed by atoms with Gasteiger partial charge in [0.15, 0.2) is 0 Å². The van der Waals surface area contributed by atoms with Crippen molar-refractivity contribution >= 4 is 17.2 Å². The fraction of sp³-hybridized carbons (Fsp3) is 0.200. The van der Waals surface area contributed by atoms with Crippen LogP contribution in [0.2, 0.25) is 0 Å². The van der Waals surface area contributed by atoms with Crippen LogP contribution >= 0.6 is 11.3 Å². The van der Waals surface area contributed by atoms with Gasteiger partial charge in [0.05, 0.1) is 6.42 Å². The molecular formula is C5H6N2OS. The summed E-state index contributed by atoms with van der Waals surface area (Å²) in [4.78, 5) is 14.1. The Balaban J connectivity index is 2.58. The lowest BCUT2D eigenvalue weighted by Crippen LogP contribution is -2.13. The van der Waals surface area contributed by atoms with E-state index in [2.05, 4.69) is 4.98 Å². The van der Waals surface area contributed by atoms with Gasteiger partial charge < -0.3 is 5.73 Å². The number of primary amides is 1. The number of nitrogens with two attached hydrogens (primary N) is 1. The SMILES string of the molecule is NC(=O)Cc1nccs1. The van der Waals surface area contributed by atoms with Gasteiger partial charge in [0, 0.05) is 11.6 Å². The van der Waals surface area contributed by atoms with Gasteiger partial charge >= 0.3 is 0 Å². The number of aromatic nitrogens is 1. The first-order chi connectivity index (χ1) is 4.29. The fourth-order valence-corrected chi connectivity index (χ4v) is 1.12. The van der Waals surface area contributed by atoms with Gasteiger partial charge in [-0.1, -0.05) is 0 Å². The lowest BCUT2D eigenvalue weighted by molar-refractivity contribution is -0.117. The molecule has 0 fully saturated rings. The number of carbonyl (C=O) groups is 1. The number of hydrogen-bond acceptors (Lipinski definition) is 3. The van der Waals surface area contributed by atoms with Crippen molar-refractivity contribution in [2.75, 3.05) is 0 Å². The van der Waals surface area contributed by atoms with Gasteiger partial charge in [0.2, 0.25) is 5.91 Å². The normalized spacial score (nSPS) is 9.33. The van der Waals surface area contributed by atoms with Crippen molar-refractivity contribution in [3.05, 3.63) is 16.6 Å². The van der Waals surface area contributed by atoms with Crippen LogP contribution in [0.4, 0.5) is 0 Å². The second kappa shape index (κ2) is 2.59. The Morgan fingerprint density at radius 3 is 3.11 bits per heavy atom. The first kappa shape index (κ1) is 6.22. The molecule has 1 aromatic rings. The maximum Gasteiger partial charge on any atom is 0.224 e. The average Bonchev–Trinajstić information content (AvgIpc) is 2.15. The van der Waals surface area contributed by atoms with Crippen molar-refractivity contribution in [2.24, 2.45) is 5.73 Å². The van der Waals surface area contributed by atoms with E-state index in [9.17, 15) is 4.79 Å². The first-order valence-electron chi connectivity index (χ1n) is 2.45. The number of rotatable bonds is 2. The van der Waals surface area contributed by atoms with E-state index < -0.39 is 0 Å². The largest absolute Gasteiger partial charge is 0.369 e. The molecule has 0 saturated carbocycles. The van der Waals surface area contributed by atoms with E-state index in [1.807, 2.05) is 5.38 Å². The van der Waals surface area contributed by atoms with E-state index in [0.29, 0.717) is 0 Å². The van der Waals surface area contributed by atoms with Crippen LogP contribution in [0, 0.1) is 0 Å². The van der Waals surface area contributed by atoms with E-state index >= 15 is 0 Å². The van der Waals surface area contributed by atoms with E-state index in [1.54, 1.807) is 6.20 Å². The van der Waals surface area contributed by atoms with Crippen LogP contribution in [0.25, 0.3) is 0 Å². The molecule has 0 radical (unpaired) electrons. The summed E-state index contributed by atoms with van der Waals surface area (Å²) in [5, 5.41) is 2.60. The molecule has 0 aliphatic rings. The quantitative estimate of drug-likeness (QED) is 0.640. The smallest absolute Gasteiger partial charge is 0.224 e. The van der Waals surface area contributed by atoms with Crippen molar-refractivity contribution in [1.82, 2.24) is 4.98 Å². The molecule has 0 saturated heterocycles. The molecule has 4 heteroatoms. The molecular weight excluding hydrogens is 136 g/mol. The molecule has 1 rings (SSSR count). The highest BCUT2D eigenvalue weighted by Gasteiger charge is 1.98. The Bertz CT molecular complexity index is 195. The van der Waals surface area contributed by atoms with Gasteiger partial charge in [-0.05, 0) is 0 Å². The maximum atomic E-state index is 10.3. The van der Waals surface area contributed by atoms with Crippen LogP contribution in [0.3, 0.4) is 0 Å². The third-order valence-corrected chi connectivity index (χ3v) is 1.59. The predicted molar refractivity (Wildman–Crippen MR) is 35.0 cm³/mol. The number of nitrogens with zero attached hydrogens (tertiary/aromatic N) is 1. The van der Waals surface area contributed by atoms with Crippen LogP contribution < -0.4 is 5.73 Å². The van der Waals surface area contributed by atoms with Crippen LogP contribution in [-0.2, 0) is 11.2 Å². The molecule has 0 bridgehead atoms. The molecule has 1 amide bonds. The Hall–Kier alpha value is -0.900. The molecule has 48 valence electrons. The second-order valence-electron chi connectivity index (χ2n) is 1.57. The summed E-state index contributed by atoms with van der Waals surface area (Å²) in [7, 11) is 0. The van der Waals surface area contributed by atoms with Crippen molar-refractivity contribution in [1.29, 1.82) is 0 Å². The molecule has 0 unspecified atom stereocenters. The van der Waals surface area contributed by atoms with Gasteiger partial charge in [-0.3, -0.25) is 4.79 Å². The average molecular weight is 142 g/mol. The van der Waals surface area contributed by atoms with Gasteiger partial charge in [-0.25, -0.2) is 4.98 Å². The predicted octanol–water partition coefficient (Wildman–Crippen LogP) is 0.171. The number of carbonyl (C=O) groups excluding carboxylic acids is 1. The lowest BCUT2D eigenvalue weighted by atomic mass is 10.4. The standard InChI is InChI=1S/C5H6N2OS/c6-4(8)3-5-7-1-2-9-5/h1-2H,3H2,(H2,6,8). The molecule has 1 aromatic heterocycles. The van der Waals surface area contributed by atoms with E-state index in [-0.39, 0.29) is 12.3 Å². The molecule has 2 N–H and O–H groups in total. The Morgan fingerprint density at radius 2 is 2.67 bits per heavy atom. The van der Waals surface area contributed by atoms with Gasteiger partial charge in [-0.2, -0.15) is 0 Å². The zero-order valence-corrected chi connectivity index (χ0v) is 5.52. The highest BCUT2D eigenvalue weighted by molar-refractivity contribution is 7.09. The molecule has 0 aliphatic carbocycles. The van der Waals surface area contributed by atoms with Crippen LogP contribution in [0.15, 0.2) is 11.6 Å². The summed E-state index contributed by atoms with van der Waals surface area (Å²) in [6.07, 6.45) is 1.92. The number of thiazole rings is 1. The van der Waals surface area contributed by atoms with Crippen LogP contribution in [0.5, 0.6) is 0 Å². The Labute approximate surface area is 56.5 Å². The van der Waals surface area contributed by atoms with Crippen LogP contribution in [-0.4, -0.2) is 10.9 Å². The third-order valence-electron chi connectivity index (χ3n) is 0.809. The van der Waals surface area contributed by atoms with Crippen molar-refractivity contribution in [3.8, 4) is 0 Å². The van der Waals surface area contributed by atoms with Crippen LogP contribution in [0.1, 0.15) is 5.01 Å². The number of amides is 1. The molecule has 3 nitrogen and oxygen atoms in total. The molecule has 0 aromatic carbocycles. The zero-order chi connectivity index (χ0) is 6.69. The first-order valence-corrected chi connectivity index (χ1v) is 3.33. The highest BCUT2D eigenvalue weighted by atomic mass is 32.1. The molecule has 9 heavy (non-hydrogen) atoms. The monoisotopic (exact) mass is 142 g/mol. The minimum Gasteiger partial charge on any atom is -0.369 e. The topological polar surface area (TPSA) is 56.0 Å². The summed E-state index contributed by atoms with van der Waals surface area (Å²) < 4.78 is 0. The molecule has 0 aliphatic heterocycles. The summed E-state index contributed by atoms with van der Waals surface area (Å²) in [6.45, 7) is 0. The zero-order valence-electron chi connectivity index (χ0n) is 4.70. The summed E-state index contributed by atoms with van der Waals surface area (Å²) in [5.41, 5.74) is 4.91. The second-order valence-corrected chi connectivity index (χ2v) is 2.55.